The van der Waals surface area contributed by atoms with Crippen molar-refractivity contribution in [2.45, 2.75) is 108 Å². The number of likely N-dealkylation sites (tertiary alicyclic amines) is 1. The summed E-state index contributed by atoms with van der Waals surface area (Å²) >= 11 is 0. The van der Waals surface area contributed by atoms with Crippen molar-refractivity contribution in [2.75, 3.05) is 13.7 Å². The fourth-order valence-corrected chi connectivity index (χ4v) is 7.54. The van der Waals surface area contributed by atoms with Crippen LogP contribution in [0.4, 0.5) is 31.1 Å². The van der Waals surface area contributed by atoms with Gasteiger partial charge in [-0.15, -0.1) is 0 Å². The Labute approximate surface area is 317 Å². The van der Waals surface area contributed by atoms with Crippen LogP contribution in [0.25, 0.3) is 10.8 Å². The SMILES string of the molecule is CC[C@@H]1C[C@]1(NC(=O)C1CC(Oc2nccc3cc(OC)ccc23)CN1C(=O)[C@@H](NC(=O)OC(C)(C)C)C(C(F)(F)F)C(F)(F)F)C(=O)NS(=O)(=O)OC1CC1. The normalized spacial score (nSPS) is 23.4. The highest BCUT2D eigenvalue weighted by atomic mass is 32.2. The highest BCUT2D eigenvalue weighted by Crippen LogP contribution is 2.47. The molecule has 1 saturated heterocycles. The van der Waals surface area contributed by atoms with E-state index in [9.17, 15) is 53.9 Å². The number of nitrogens with zero attached hydrogens (tertiary/aromatic N) is 2. The average Bonchev–Trinajstić information content (AvgIpc) is 3.97. The molecular formula is C34H41F6N5O10S. The molecule has 3 fully saturated rings. The zero-order valence-electron chi connectivity index (χ0n) is 30.7. The molecule has 56 heavy (non-hydrogen) atoms. The topological polar surface area (TPSA) is 192 Å². The van der Waals surface area contributed by atoms with Crippen LogP contribution >= 0.6 is 0 Å². The minimum absolute atomic E-state index is 0.0690. The molecule has 0 spiro atoms. The average molecular weight is 826 g/mol. The Balaban J connectivity index is 1.51. The Hall–Kier alpha value is -4.60. The summed E-state index contributed by atoms with van der Waals surface area (Å²) in [6.07, 6.45) is -14.2. The lowest BCUT2D eigenvalue weighted by Crippen LogP contribution is -2.62. The monoisotopic (exact) mass is 825 g/mol. The molecule has 2 aromatic rings. The number of nitrogens with one attached hydrogen (secondary N) is 3. The zero-order valence-corrected chi connectivity index (χ0v) is 31.6. The summed E-state index contributed by atoms with van der Waals surface area (Å²) in [4.78, 5) is 58.9. The number of carbonyl (C=O) groups excluding carboxylic acids is 4. The molecule has 0 radical (unpaired) electrons. The van der Waals surface area contributed by atoms with Gasteiger partial charge in [-0.1, -0.05) is 13.3 Å². The fourth-order valence-electron chi connectivity index (χ4n) is 6.53. The van der Waals surface area contributed by atoms with Crippen LogP contribution in [0.1, 0.15) is 59.8 Å². The Morgan fingerprint density at radius 3 is 2.23 bits per heavy atom. The number of pyridine rings is 1. The number of fused-ring (bicyclic) bond motifs is 1. The number of hydrogen-bond acceptors (Lipinski definition) is 11. The van der Waals surface area contributed by atoms with Crippen molar-refractivity contribution in [3.05, 3.63) is 30.5 Å². The third kappa shape index (κ3) is 9.85. The molecule has 3 aliphatic rings. The van der Waals surface area contributed by atoms with Crippen LogP contribution in [0, 0.1) is 11.8 Å². The van der Waals surface area contributed by atoms with E-state index in [1.165, 1.54) is 39.4 Å². The Bertz CT molecular complexity index is 1940. The molecule has 0 bridgehead atoms. The number of aromatic nitrogens is 1. The molecule has 1 aliphatic heterocycles. The minimum Gasteiger partial charge on any atom is -0.497 e. The second kappa shape index (κ2) is 15.4. The van der Waals surface area contributed by atoms with Crippen molar-refractivity contribution in [3.63, 3.8) is 0 Å². The lowest BCUT2D eigenvalue weighted by molar-refractivity contribution is -0.290. The summed E-state index contributed by atoms with van der Waals surface area (Å²) in [5.74, 6) is -9.12. The van der Waals surface area contributed by atoms with Crippen LogP contribution in [-0.2, 0) is 33.6 Å². The van der Waals surface area contributed by atoms with E-state index in [0.29, 0.717) is 34.3 Å². The number of alkyl carbamates (subject to hydrolysis) is 1. The second-order valence-corrected chi connectivity index (χ2v) is 16.1. The summed E-state index contributed by atoms with van der Waals surface area (Å²) in [7, 11) is -3.19. The van der Waals surface area contributed by atoms with Crippen molar-refractivity contribution >= 4 is 44.9 Å². The van der Waals surface area contributed by atoms with Gasteiger partial charge in [0.25, 0.3) is 5.91 Å². The van der Waals surface area contributed by atoms with E-state index < -0.39 is 107 Å². The maximum atomic E-state index is 14.2. The first-order valence-electron chi connectivity index (χ1n) is 17.5. The van der Waals surface area contributed by atoms with Gasteiger partial charge in [0.1, 0.15) is 35.1 Å². The summed E-state index contributed by atoms with van der Waals surface area (Å²) in [5, 5.41) is 4.79. The van der Waals surface area contributed by atoms with Crippen LogP contribution < -0.4 is 24.8 Å². The molecule has 2 heterocycles. The van der Waals surface area contributed by atoms with Crippen molar-refractivity contribution in [1.82, 2.24) is 25.2 Å². The molecule has 5 atom stereocenters. The van der Waals surface area contributed by atoms with E-state index in [4.69, 9.17) is 18.4 Å². The maximum Gasteiger partial charge on any atom is 0.408 e. The first kappa shape index (κ1) is 42.5. The molecule has 1 aromatic heterocycles. The van der Waals surface area contributed by atoms with Crippen LogP contribution in [0.3, 0.4) is 0 Å². The molecule has 2 aliphatic carbocycles. The van der Waals surface area contributed by atoms with Crippen molar-refractivity contribution in [3.8, 4) is 11.6 Å². The van der Waals surface area contributed by atoms with Crippen LogP contribution in [0.5, 0.6) is 11.6 Å². The molecule has 22 heteroatoms. The van der Waals surface area contributed by atoms with E-state index >= 15 is 0 Å². The van der Waals surface area contributed by atoms with Crippen LogP contribution in [0.15, 0.2) is 30.5 Å². The predicted molar refractivity (Wildman–Crippen MR) is 182 cm³/mol. The molecule has 5 rings (SSSR count). The number of hydrogen-bond donors (Lipinski definition) is 3. The molecule has 2 unspecified atom stereocenters. The van der Waals surface area contributed by atoms with E-state index in [2.05, 4.69) is 10.3 Å². The number of ether oxygens (including phenoxy) is 3. The van der Waals surface area contributed by atoms with Crippen molar-refractivity contribution in [1.29, 1.82) is 0 Å². The molecule has 310 valence electrons. The lowest BCUT2D eigenvalue weighted by Gasteiger charge is -2.35. The van der Waals surface area contributed by atoms with Crippen molar-refractivity contribution in [2.24, 2.45) is 11.8 Å². The molecule has 4 amide bonds. The van der Waals surface area contributed by atoms with Gasteiger partial charge in [-0.25, -0.2) is 14.5 Å². The zero-order chi connectivity index (χ0) is 41.6. The summed E-state index contributed by atoms with van der Waals surface area (Å²) in [6.45, 7) is 4.69. The van der Waals surface area contributed by atoms with Gasteiger partial charge in [0.05, 0.1) is 19.8 Å². The quantitative estimate of drug-likeness (QED) is 0.247. The number of rotatable bonds is 13. The largest absolute Gasteiger partial charge is 0.497 e. The van der Waals surface area contributed by atoms with Gasteiger partial charge in [-0.05, 0) is 75.6 Å². The Morgan fingerprint density at radius 2 is 1.68 bits per heavy atom. The number of halogens is 6. The predicted octanol–water partition coefficient (Wildman–Crippen LogP) is 4.05. The van der Waals surface area contributed by atoms with Crippen LogP contribution in [0.2, 0.25) is 0 Å². The number of carbonyl (C=O) groups is 4. The first-order chi connectivity index (χ1) is 25.9. The van der Waals surface area contributed by atoms with Gasteiger partial charge in [0.2, 0.25) is 17.7 Å². The van der Waals surface area contributed by atoms with Gasteiger partial charge >= 0.3 is 28.8 Å². The smallest absolute Gasteiger partial charge is 0.408 e. The Morgan fingerprint density at radius 1 is 1.02 bits per heavy atom. The van der Waals surface area contributed by atoms with Gasteiger partial charge < -0.3 is 29.7 Å². The molecular weight excluding hydrogens is 784 g/mol. The van der Waals surface area contributed by atoms with Crippen molar-refractivity contribution < 1.29 is 72.3 Å². The molecule has 15 nitrogen and oxygen atoms in total. The highest BCUT2D eigenvalue weighted by Gasteiger charge is 2.65. The summed E-state index contributed by atoms with van der Waals surface area (Å²) in [6, 6.07) is 1.07. The number of benzene rings is 1. The van der Waals surface area contributed by atoms with Gasteiger partial charge in [0.15, 0.2) is 5.92 Å². The van der Waals surface area contributed by atoms with E-state index in [0.717, 1.165) is 0 Å². The molecule has 1 aromatic carbocycles. The van der Waals surface area contributed by atoms with Gasteiger partial charge in [-0.2, -0.15) is 34.8 Å². The van der Waals surface area contributed by atoms with Crippen LogP contribution in [-0.4, -0.2) is 104 Å². The number of alkyl halides is 6. The molecule has 3 N–H and O–H groups in total. The van der Waals surface area contributed by atoms with E-state index in [1.807, 2.05) is 0 Å². The Kier molecular flexibility index (Phi) is 11.7. The summed E-state index contributed by atoms with van der Waals surface area (Å²) in [5.41, 5.74) is -3.31. The van der Waals surface area contributed by atoms with Gasteiger partial charge in [-0.3, -0.25) is 18.6 Å². The maximum absolute atomic E-state index is 14.2. The molecule has 2 saturated carbocycles. The standard InChI is InChI=1S/C34H41F6N5O10S/c1-6-18-15-32(18,29(48)44-56(50,51)55-19-7-8-19)43-26(46)23-14-21(53-27-22-10-9-20(52-5)13-17(22)11-12-41-27)16-45(23)28(47)24(42-30(49)54-31(2,3)4)25(33(35,36)37)34(38,39)40/h9-13,18-19,21,23-25H,6-8,14-16H2,1-5H3,(H,42,49)(H,43,46)(H,44,48)/t18-,21?,23?,24+,32-/m1/s1. The highest BCUT2D eigenvalue weighted by molar-refractivity contribution is 7.85. The summed E-state index contributed by atoms with van der Waals surface area (Å²) < 4.78 is 133. The second-order valence-electron chi connectivity index (χ2n) is 14.8. The third-order valence-electron chi connectivity index (χ3n) is 9.39. The van der Waals surface area contributed by atoms with E-state index in [1.54, 1.807) is 35.9 Å². The lowest BCUT2D eigenvalue weighted by atomic mass is 9.96. The fraction of sp³-hybridized carbons (Fsp3) is 0.618. The number of methoxy groups -OCH3 is 1. The third-order valence-corrected chi connectivity index (χ3v) is 10.4. The van der Waals surface area contributed by atoms with E-state index in [-0.39, 0.29) is 18.7 Å². The van der Waals surface area contributed by atoms with Gasteiger partial charge in [0, 0.05) is 18.0 Å². The number of amides is 4. The minimum atomic E-state index is -6.15. The first-order valence-corrected chi connectivity index (χ1v) is 18.9.